The van der Waals surface area contributed by atoms with Crippen molar-refractivity contribution in [2.24, 2.45) is 16.7 Å². The van der Waals surface area contributed by atoms with Crippen molar-refractivity contribution in [3.8, 4) is 0 Å². The molecule has 1 aromatic heterocycles. The summed E-state index contributed by atoms with van der Waals surface area (Å²) in [5.41, 5.74) is 5.50. The monoisotopic (exact) mass is 154 g/mol. The van der Waals surface area contributed by atoms with E-state index in [-0.39, 0.29) is 11.5 Å². The normalized spacial score (nSPS) is 11.5. The van der Waals surface area contributed by atoms with Crippen molar-refractivity contribution in [1.29, 1.82) is 0 Å². The van der Waals surface area contributed by atoms with E-state index >= 15 is 0 Å². The number of pyridine rings is 1. The first-order valence-electron chi connectivity index (χ1n) is 2.90. The Bertz CT molecular complexity index is 284. The van der Waals surface area contributed by atoms with Crippen LogP contribution < -0.4 is 11.6 Å². The van der Waals surface area contributed by atoms with Crippen molar-refractivity contribution < 1.29 is 4.39 Å². The molecule has 1 aromatic rings. The fourth-order valence-corrected chi connectivity index (χ4v) is 0.617. The molecule has 0 aliphatic rings. The third-order valence-corrected chi connectivity index (χ3v) is 1.12. The van der Waals surface area contributed by atoms with Crippen LogP contribution >= 0.6 is 0 Å². The lowest BCUT2D eigenvalue weighted by Crippen LogP contribution is -2.17. The molecular formula is C6H7FN4. The summed E-state index contributed by atoms with van der Waals surface area (Å²) in [4.78, 5) is 3.44. The van der Waals surface area contributed by atoms with Gasteiger partial charge in [-0.2, -0.15) is 9.49 Å². The van der Waals surface area contributed by atoms with Crippen molar-refractivity contribution in [3.05, 3.63) is 29.8 Å². The largest absolute Gasteiger partial charge is 0.380 e. The van der Waals surface area contributed by atoms with Crippen molar-refractivity contribution >= 4 is 5.84 Å². The van der Waals surface area contributed by atoms with Gasteiger partial charge < -0.3 is 11.6 Å². The summed E-state index contributed by atoms with van der Waals surface area (Å²) in [6, 6.07) is 4.22. The SMILES string of the molecule is NN=C(N)c1cccc(F)n1. The minimum atomic E-state index is -0.603. The number of aromatic nitrogens is 1. The molecule has 0 unspecified atom stereocenters. The Kier molecular flexibility index (Phi) is 2.00. The highest BCUT2D eigenvalue weighted by Gasteiger charge is 1.99. The maximum Gasteiger partial charge on any atom is 0.213 e. The lowest BCUT2D eigenvalue weighted by Gasteiger charge is -1.95. The average molecular weight is 154 g/mol. The summed E-state index contributed by atoms with van der Waals surface area (Å²) in [5.74, 6) is 4.27. The van der Waals surface area contributed by atoms with Gasteiger partial charge in [-0.25, -0.2) is 4.98 Å². The first-order valence-corrected chi connectivity index (χ1v) is 2.90. The van der Waals surface area contributed by atoms with Gasteiger partial charge in [0.25, 0.3) is 0 Å². The first-order chi connectivity index (χ1) is 5.24. The van der Waals surface area contributed by atoms with E-state index in [1.165, 1.54) is 18.2 Å². The molecule has 0 aromatic carbocycles. The maximum atomic E-state index is 12.4. The van der Waals surface area contributed by atoms with Crippen LogP contribution in [0, 0.1) is 5.95 Å². The van der Waals surface area contributed by atoms with Crippen molar-refractivity contribution in [1.82, 2.24) is 4.98 Å². The van der Waals surface area contributed by atoms with Crippen molar-refractivity contribution in [2.45, 2.75) is 0 Å². The van der Waals surface area contributed by atoms with Gasteiger partial charge in [0, 0.05) is 0 Å². The van der Waals surface area contributed by atoms with Gasteiger partial charge in [-0.15, -0.1) is 0 Å². The van der Waals surface area contributed by atoms with Gasteiger partial charge >= 0.3 is 0 Å². The van der Waals surface area contributed by atoms with Crippen LogP contribution in [-0.4, -0.2) is 10.8 Å². The predicted octanol–water partition coefficient (Wildman–Crippen LogP) is -0.200. The molecule has 0 fully saturated rings. The summed E-state index contributed by atoms with van der Waals surface area (Å²) in [6.45, 7) is 0. The second-order valence-corrected chi connectivity index (χ2v) is 1.86. The lowest BCUT2D eigenvalue weighted by molar-refractivity contribution is 0.582. The number of hydrogen-bond donors (Lipinski definition) is 2. The summed E-state index contributed by atoms with van der Waals surface area (Å²) in [6.07, 6.45) is 0. The highest BCUT2D eigenvalue weighted by molar-refractivity contribution is 5.95. The number of hydrogen-bond acceptors (Lipinski definition) is 3. The predicted molar refractivity (Wildman–Crippen MR) is 39.1 cm³/mol. The summed E-state index contributed by atoms with van der Waals surface area (Å²) in [7, 11) is 0. The van der Waals surface area contributed by atoms with Crippen LogP contribution in [0.4, 0.5) is 4.39 Å². The van der Waals surface area contributed by atoms with E-state index in [1.54, 1.807) is 0 Å². The molecule has 0 aliphatic heterocycles. The molecule has 0 aliphatic carbocycles. The summed E-state index contributed by atoms with van der Waals surface area (Å²) >= 11 is 0. The zero-order valence-electron chi connectivity index (χ0n) is 5.66. The molecule has 0 saturated heterocycles. The van der Waals surface area contributed by atoms with E-state index in [1.807, 2.05) is 0 Å². The maximum absolute atomic E-state index is 12.4. The molecule has 0 bridgehead atoms. The highest BCUT2D eigenvalue weighted by Crippen LogP contribution is 1.95. The van der Waals surface area contributed by atoms with E-state index in [0.29, 0.717) is 0 Å². The second kappa shape index (κ2) is 2.96. The van der Waals surface area contributed by atoms with Gasteiger partial charge in [0.05, 0.1) is 0 Å². The minimum absolute atomic E-state index is 0.0181. The number of halogens is 1. The number of hydrazone groups is 1. The molecule has 4 N–H and O–H groups in total. The Hall–Kier alpha value is -1.65. The molecule has 1 rings (SSSR count). The van der Waals surface area contributed by atoms with E-state index < -0.39 is 5.95 Å². The Morgan fingerprint density at radius 3 is 2.82 bits per heavy atom. The van der Waals surface area contributed by atoms with Gasteiger partial charge in [-0.3, -0.25) is 0 Å². The second-order valence-electron chi connectivity index (χ2n) is 1.86. The van der Waals surface area contributed by atoms with Gasteiger partial charge in [0.1, 0.15) is 5.69 Å². The van der Waals surface area contributed by atoms with Crippen LogP contribution in [0.25, 0.3) is 0 Å². The van der Waals surface area contributed by atoms with Crippen molar-refractivity contribution in [2.75, 3.05) is 0 Å². The fourth-order valence-electron chi connectivity index (χ4n) is 0.617. The Morgan fingerprint density at radius 2 is 2.27 bits per heavy atom. The Labute approximate surface area is 62.7 Å². The summed E-state index contributed by atoms with van der Waals surface area (Å²) < 4.78 is 12.4. The highest BCUT2D eigenvalue weighted by atomic mass is 19.1. The molecule has 1 heterocycles. The Balaban J connectivity index is 3.06. The molecule has 0 atom stereocenters. The quantitative estimate of drug-likeness (QED) is 0.193. The molecule has 0 spiro atoms. The Morgan fingerprint density at radius 1 is 1.55 bits per heavy atom. The molecule has 5 heteroatoms. The average Bonchev–Trinajstić information content (AvgIpc) is 2.03. The summed E-state index contributed by atoms with van der Waals surface area (Å²) in [5, 5.41) is 3.17. The number of nitrogens with zero attached hydrogens (tertiary/aromatic N) is 2. The number of amidine groups is 1. The lowest BCUT2D eigenvalue weighted by atomic mass is 10.3. The minimum Gasteiger partial charge on any atom is -0.380 e. The van der Waals surface area contributed by atoms with Crippen LogP contribution in [0.15, 0.2) is 23.3 Å². The molecule has 0 radical (unpaired) electrons. The van der Waals surface area contributed by atoms with Gasteiger partial charge in [-0.1, -0.05) is 6.07 Å². The third kappa shape index (κ3) is 1.64. The van der Waals surface area contributed by atoms with Crippen LogP contribution in [-0.2, 0) is 0 Å². The van der Waals surface area contributed by atoms with E-state index in [9.17, 15) is 4.39 Å². The zero-order valence-corrected chi connectivity index (χ0v) is 5.66. The first kappa shape index (κ1) is 7.46. The van der Waals surface area contributed by atoms with Crippen LogP contribution in [0.5, 0.6) is 0 Å². The van der Waals surface area contributed by atoms with Gasteiger partial charge in [-0.05, 0) is 12.1 Å². The zero-order chi connectivity index (χ0) is 8.27. The molecule has 58 valence electrons. The smallest absolute Gasteiger partial charge is 0.213 e. The molecule has 0 saturated carbocycles. The van der Waals surface area contributed by atoms with Crippen LogP contribution in [0.2, 0.25) is 0 Å². The van der Waals surface area contributed by atoms with Gasteiger partial charge in [0.2, 0.25) is 5.95 Å². The topological polar surface area (TPSA) is 77.3 Å². The van der Waals surface area contributed by atoms with Crippen molar-refractivity contribution in [3.63, 3.8) is 0 Å². The van der Waals surface area contributed by atoms with Crippen LogP contribution in [0.3, 0.4) is 0 Å². The van der Waals surface area contributed by atoms with E-state index in [4.69, 9.17) is 11.6 Å². The van der Waals surface area contributed by atoms with Gasteiger partial charge in [0.15, 0.2) is 5.84 Å². The standard InChI is InChI=1S/C6H7FN4/c7-5-3-1-2-4(10-5)6(8)11-9/h1-3H,9H2,(H2,8,11). The fraction of sp³-hybridized carbons (Fsp3) is 0. The number of rotatable bonds is 1. The third-order valence-electron chi connectivity index (χ3n) is 1.12. The molecule has 11 heavy (non-hydrogen) atoms. The van der Waals surface area contributed by atoms with E-state index in [0.717, 1.165) is 0 Å². The molecule has 0 amide bonds. The molecular weight excluding hydrogens is 147 g/mol. The number of nitrogens with two attached hydrogens (primary N) is 2. The molecule has 4 nitrogen and oxygen atoms in total. The van der Waals surface area contributed by atoms with E-state index in [2.05, 4.69) is 10.1 Å². The van der Waals surface area contributed by atoms with Crippen LogP contribution in [0.1, 0.15) is 5.69 Å².